The Kier molecular flexibility index (Phi) is 7.53. The molecule has 24 heavy (non-hydrogen) atoms. The molecular formula is C19H30N2O3. The van der Waals surface area contributed by atoms with Gasteiger partial charge in [-0.25, -0.2) is 4.79 Å². The number of rotatable bonds is 7. The molecule has 2 atom stereocenters. The van der Waals surface area contributed by atoms with Gasteiger partial charge in [-0.1, -0.05) is 43.2 Å². The molecule has 0 aliphatic heterocycles. The van der Waals surface area contributed by atoms with Crippen LogP contribution in [0.5, 0.6) is 0 Å². The largest absolute Gasteiger partial charge is 0.445 e. The minimum absolute atomic E-state index is 0.0785. The molecule has 1 aliphatic carbocycles. The first kappa shape index (κ1) is 18.7. The van der Waals surface area contributed by atoms with Gasteiger partial charge in [0.15, 0.2) is 0 Å². The summed E-state index contributed by atoms with van der Waals surface area (Å²) in [5.74, 6) is 0. The van der Waals surface area contributed by atoms with Gasteiger partial charge in [0.25, 0.3) is 0 Å². The van der Waals surface area contributed by atoms with Crippen LogP contribution in [0.25, 0.3) is 0 Å². The van der Waals surface area contributed by atoms with Crippen molar-refractivity contribution < 1.29 is 14.6 Å². The standard InChI is InChI=1S/C19H30N2O3/c1-15(2)21(18-11-7-6-10-17(18)20-12-13-22)19(23)24-14-16-8-4-3-5-9-16/h3-5,8-9,15,17-18,20,22H,6-7,10-14H2,1-2H3/t17-,18+/m0/s1. The number of aliphatic hydroxyl groups is 1. The van der Waals surface area contributed by atoms with Crippen molar-refractivity contribution in [2.75, 3.05) is 13.2 Å². The van der Waals surface area contributed by atoms with Crippen LogP contribution in [-0.2, 0) is 11.3 Å². The van der Waals surface area contributed by atoms with Crippen LogP contribution in [0.2, 0.25) is 0 Å². The molecule has 5 heteroatoms. The quantitative estimate of drug-likeness (QED) is 0.805. The molecule has 2 N–H and O–H groups in total. The Labute approximate surface area is 145 Å². The molecule has 0 aromatic heterocycles. The van der Waals surface area contributed by atoms with Crippen molar-refractivity contribution in [2.45, 2.75) is 64.3 Å². The SMILES string of the molecule is CC(C)N(C(=O)OCc1ccccc1)[C@@H]1CCCC[C@@H]1NCCO. The van der Waals surface area contributed by atoms with Crippen LogP contribution in [0, 0.1) is 0 Å². The molecule has 0 heterocycles. The Balaban J connectivity index is 2.01. The molecular weight excluding hydrogens is 304 g/mol. The first-order valence-corrected chi connectivity index (χ1v) is 8.96. The summed E-state index contributed by atoms with van der Waals surface area (Å²) in [5.41, 5.74) is 0.994. The molecule has 0 bridgehead atoms. The number of carbonyl (C=O) groups excluding carboxylic acids is 1. The molecule has 1 fully saturated rings. The molecule has 1 aliphatic rings. The van der Waals surface area contributed by atoms with Crippen molar-refractivity contribution in [3.8, 4) is 0 Å². The smallest absolute Gasteiger partial charge is 0.410 e. The van der Waals surface area contributed by atoms with E-state index in [0.717, 1.165) is 31.2 Å². The second kappa shape index (κ2) is 9.64. The second-order valence-electron chi connectivity index (χ2n) is 6.68. The Morgan fingerprint density at radius 1 is 1.29 bits per heavy atom. The lowest BCUT2D eigenvalue weighted by Gasteiger charge is -2.41. The maximum absolute atomic E-state index is 12.7. The highest BCUT2D eigenvalue weighted by Crippen LogP contribution is 2.26. The lowest BCUT2D eigenvalue weighted by atomic mass is 9.88. The summed E-state index contributed by atoms with van der Waals surface area (Å²) in [4.78, 5) is 14.6. The lowest BCUT2D eigenvalue weighted by molar-refractivity contribution is 0.0471. The van der Waals surface area contributed by atoms with Gasteiger partial charge in [-0.15, -0.1) is 0 Å². The number of nitrogens with zero attached hydrogens (tertiary/aromatic N) is 1. The average molecular weight is 334 g/mol. The van der Waals surface area contributed by atoms with E-state index in [1.807, 2.05) is 49.1 Å². The Hall–Kier alpha value is -1.59. The van der Waals surface area contributed by atoms with Crippen molar-refractivity contribution >= 4 is 6.09 Å². The van der Waals surface area contributed by atoms with Crippen molar-refractivity contribution in [3.63, 3.8) is 0 Å². The van der Waals surface area contributed by atoms with Gasteiger partial charge in [-0.05, 0) is 32.3 Å². The van der Waals surface area contributed by atoms with Crippen LogP contribution in [0.3, 0.4) is 0 Å². The fraction of sp³-hybridized carbons (Fsp3) is 0.632. The predicted molar refractivity (Wildman–Crippen MR) is 94.7 cm³/mol. The molecule has 1 aromatic carbocycles. The summed E-state index contributed by atoms with van der Waals surface area (Å²) in [7, 11) is 0. The summed E-state index contributed by atoms with van der Waals surface area (Å²) in [5, 5.41) is 12.5. The number of benzene rings is 1. The average Bonchev–Trinajstić information content (AvgIpc) is 2.60. The van der Waals surface area contributed by atoms with Gasteiger partial charge in [0, 0.05) is 18.6 Å². The van der Waals surface area contributed by atoms with E-state index in [4.69, 9.17) is 9.84 Å². The molecule has 2 rings (SSSR count). The van der Waals surface area contributed by atoms with Gasteiger partial charge < -0.3 is 20.1 Å². The van der Waals surface area contributed by atoms with Gasteiger partial charge in [0.2, 0.25) is 0 Å². The normalized spacial score (nSPS) is 20.8. The molecule has 0 radical (unpaired) electrons. The highest BCUT2D eigenvalue weighted by Gasteiger charge is 2.35. The van der Waals surface area contributed by atoms with E-state index in [1.165, 1.54) is 0 Å². The number of hydrogen-bond acceptors (Lipinski definition) is 4. The van der Waals surface area contributed by atoms with E-state index in [2.05, 4.69) is 5.32 Å². The summed E-state index contributed by atoms with van der Waals surface area (Å²) in [6, 6.07) is 10.2. The molecule has 1 saturated carbocycles. The van der Waals surface area contributed by atoms with E-state index >= 15 is 0 Å². The van der Waals surface area contributed by atoms with Crippen LogP contribution < -0.4 is 5.32 Å². The highest BCUT2D eigenvalue weighted by atomic mass is 16.6. The van der Waals surface area contributed by atoms with E-state index in [1.54, 1.807) is 0 Å². The molecule has 0 spiro atoms. The molecule has 1 aromatic rings. The Morgan fingerprint density at radius 3 is 2.67 bits per heavy atom. The summed E-state index contributed by atoms with van der Waals surface area (Å²) in [6.07, 6.45) is 4.03. The first-order valence-electron chi connectivity index (χ1n) is 8.96. The van der Waals surface area contributed by atoms with Gasteiger partial charge in [0.1, 0.15) is 6.61 Å². The zero-order valence-corrected chi connectivity index (χ0v) is 14.8. The van der Waals surface area contributed by atoms with E-state index in [-0.39, 0.29) is 30.8 Å². The number of ether oxygens (including phenoxy) is 1. The van der Waals surface area contributed by atoms with Gasteiger partial charge >= 0.3 is 6.09 Å². The summed E-state index contributed by atoms with van der Waals surface area (Å²) < 4.78 is 5.57. The van der Waals surface area contributed by atoms with Crippen LogP contribution in [0.4, 0.5) is 4.79 Å². The highest BCUT2D eigenvalue weighted by molar-refractivity contribution is 5.68. The van der Waals surface area contributed by atoms with E-state index in [9.17, 15) is 4.79 Å². The minimum Gasteiger partial charge on any atom is -0.445 e. The molecule has 1 amide bonds. The molecule has 0 saturated heterocycles. The maximum atomic E-state index is 12.7. The fourth-order valence-electron chi connectivity index (χ4n) is 3.46. The lowest BCUT2D eigenvalue weighted by Crippen LogP contribution is -2.56. The van der Waals surface area contributed by atoms with Crippen molar-refractivity contribution in [1.82, 2.24) is 10.2 Å². The fourth-order valence-corrected chi connectivity index (χ4v) is 3.46. The van der Waals surface area contributed by atoms with Crippen LogP contribution in [0.15, 0.2) is 30.3 Å². The van der Waals surface area contributed by atoms with E-state index < -0.39 is 0 Å². The maximum Gasteiger partial charge on any atom is 0.410 e. The molecule has 0 unspecified atom stereocenters. The van der Waals surface area contributed by atoms with Crippen molar-refractivity contribution in [3.05, 3.63) is 35.9 Å². The zero-order chi connectivity index (χ0) is 17.4. The van der Waals surface area contributed by atoms with Crippen molar-refractivity contribution in [1.29, 1.82) is 0 Å². The first-order chi connectivity index (χ1) is 11.6. The van der Waals surface area contributed by atoms with Gasteiger partial charge in [-0.2, -0.15) is 0 Å². The Morgan fingerprint density at radius 2 is 2.00 bits per heavy atom. The van der Waals surface area contributed by atoms with Crippen LogP contribution in [0.1, 0.15) is 45.1 Å². The zero-order valence-electron chi connectivity index (χ0n) is 14.8. The summed E-state index contributed by atoms with van der Waals surface area (Å²) in [6.45, 7) is 5.03. The Bertz CT molecular complexity index is 493. The number of nitrogens with one attached hydrogen (secondary N) is 1. The van der Waals surface area contributed by atoms with E-state index in [0.29, 0.717) is 13.2 Å². The molecule has 5 nitrogen and oxygen atoms in total. The minimum atomic E-state index is -0.253. The number of amides is 1. The van der Waals surface area contributed by atoms with Crippen LogP contribution in [-0.4, -0.2) is 47.4 Å². The molecule has 134 valence electrons. The third-order valence-corrected chi connectivity index (χ3v) is 4.58. The third kappa shape index (κ3) is 5.21. The predicted octanol–water partition coefficient (Wildman–Crippen LogP) is 2.93. The third-order valence-electron chi connectivity index (χ3n) is 4.58. The van der Waals surface area contributed by atoms with Gasteiger partial charge in [-0.3, -0.25) is 0 Å². The summed E-state index contributed by atoms with van der Waals surface area (Å²) >= 11 is 0. The van der Waals surface area contributed by atoms with Crippen LogP contribution >= 0.6 is 0 Å². The topological polar surface area (TPSA) is 61.8 Å². The van der Waals surface area contributed by atoms with Crippen molar-refractivity contribution in [2.24, 2.45) is 0 Å². The number of hydrogen-bond donors (Lipinski definition) is 2. The second-order valence-corrected chi connectivity index (χ2v) is 6.68. The number of aliphatic hydroxyl groups excluding tert-OH is 1. The number of carbonyl (C=O) groups is 1. The van der Waals surface area contributed by atoms with Gasteiger partial charge in [0.05, 0.1) is 12.6 Å². The monoisotopic (exact) mass is 334 g/mol.